The minimum Gasteiger partial charge on any atom is -0.496 e. The number of nitrogens with one attached hydrogen (secondary N) is 2. The summed E-state index contributed by atoms with van der Waals surface area (Å²) < 4.78 is 27.4. The Bertz CT molecular complexity index is 1800. The Morgan fingerprint density at radius 1 is 0.852 bits per heavy atom. The minimum atomic E-state index is -1.24. The molecule has 3 atom stereocenters. The quantitative estimate of drug-likeness (QED) is 0.222. The summed E-state index contributed by atoms with van der Waals surface area (Å²) in [7, 11) is 4.44. The molecular weight excluding hydrogens is 698 g/mol. The molecule has 290 valence electrons. The predicted molar refractivity (Wildman–Crippen MR) is 198 cm³/mol. The summed E-state index contributed by atoms with van der Waals surface area (Å²) >= 11 is 0. The molecule has 1 saturated heterocycles. The van der Waals surface area contributed by atoms with Crippen LogP contribution in [-0.2, 0) is 32.0 Å². The van der Waals surface area contributed by atoms with Crippen LogP contribution in [0.3, 0.4) is 0 Å². The van der Waals surface area contributed by atoms with Gasteiger partial charge in [0.2, 0.25) is 11.8 Å². The van der Waals surface area contributed by atoms with Crippen molar-refractivity contribution in [2.24, 2.45) is 5.92 Å². The number of imide groups is 2. The molecule has 0 saturated carbocycles. The van der Waals surface area contributed by atoms with Crippen LogP contribution in [-0.4, -0.2) is 78.5 Å². The Morgan fingerprint density at radius 2 is 1.43 bits per heavy atom. The average Bonchev–Trinajstić information content (AvgIpc) is 3.10. The maximum absolute atomic E-state index is 14.0. The van der Waals surface area contributed by atoms with Crippen LogP contribution >= 0.6 is 0 Å². The highest BCUT2D eigenvalue weighted by molar-refractivity contribution is 6.10. The van der Waals surface area contributed by atoms with Gasteiger partial charge in [-0.05, 0) is 78.1 Å². The first kappa shape index (κ1) is 40.9. The zero-order valence-electron chi connectivity index (χ0n) is 32.3. The van der Waals surface area contributed by atoms with E-state index in [9.17, 15) is 24.0 Å². The second-order valence-electron chi connectivity index (χ2n) is 14.6. The van der Waals surface area contributed by atoms with E-state index in [2.05, 4.69) is 15.6 Å². The van der Waals surface area contributed by atoms with E-state index in [0.29, 0.717) is 33.3 Å². The highest BCUT2D eigenvalue weighted by atomic mass is 16.6. The molecule has 1 aliphatic rings. The topological polar surface area (TPSA) is 175 Å². The maximum Gasteiger partial charge on any atom is 0.425 e. The number of amides is 6. The van der Waals surface area contributed by atoms with Gasteiger partial charge in [-0.3, -0.25) is 14.5 Å². The first-order valence-corrected chi connectivity index (χ1v) is 17.3. The number of aromatic nitrogens is 1. The lowest BCUT2D eigenvalue weighted by atomic mass is 9.82. The number of benzene rings is 2. The van der Waals surface area contributed by atoms with E-state index in [1.165, 1.54) is 33.6 Å². The number of ether oxygens (including phenoxy) is 5. The summed E-state index contributed by atoms with van der Waals surface area (Å²) in [5.74, 6) is -1.07. The Labute approximate surface area is 315 Å². The van der Waals surface area contributed by atoms with Crippen molar-refractivity contribution in [3.8, 4) is 17.2 Å². The number of methoxy groups -OCH3 is 3. The van der Waals surface area contributed by atoms with Crippen molar-refractivity contribution in [2.45, 2.75) is 84.7 Å². The van der Waals surface area contributed by atoms with Crippen LogP contribution in [0.15, 0.2) is 60.8 Å². The number of nitrogens with zero attached hydrogens (tertiary/aromatic N) is 3. The van der Waals surface area contributed by atoms with Crippen LogP contribution in [0.1, 0.15) is 71.2 Å². The molecule has 4 rings (SSSR count). The number of hydrogen-bond donors (Lipinski definition) is 2. The molecule has 0 aliphatic carbocycles. The van der Waals surface area contributed by atoms with Crippen LogP contribution in [0, 0.1) is 5.92 Å². The van der Waals surface area contributed by atoms with Crippen molar-refractivity contribution in [1.29, 1.82) is 0 Å². The fourth-order valence-corrected chi connectivity index (χ4v) is 5.73. The molecule has 0 spiro atoms. The smallest absolute Gasteiger partial charge is 0.425 e. The van der Waals surface area contributed by atoms with Crippen molar-refractivity contribution >= 4 is 35.8 Å². The fourth-order valence-electron chi connectivity index (χ4n) is 5.73. The lowest BCUT2D eigenvalue weighted by Crippen LogP contribution is -2.70. The molecule has 2 N–H and O–H groups in total. The van der Waals surface area contributed by atoms with Gasteiger partial charge in [-0.1, -0.05) is 30.3 Å². The van der Waals surface area contributed by atoms with Gasteiger partial charge in [-0.2, -0.15) is 4.90 Å². The van der Waals surface area contributed by atoms with E-state index in [1.807, 2.05) is 30.3 Å². The highest BCUT2D eigenvalue weighted by Crippen LogP contribution is 2.35. The van der Waals surface area contributed by atoms with Crippen molar-refractivity contribution in [3.63, 3.8) is 0 Å². The molecule has 6 amide bonds. The molecule has 1 aliphatic heterocycles. The molecule has 15 nitrogen and oxygen atoms in total. The Hall–Kier alpha value is -5.86. The van der Waals surface area contributed by atoms with Crippen LogP contribution in [0.4, 0.5) is 20.2 Å². The van der Waals surface area contributed by atoms with E-state index in [0.717, 1.165) is 10.5 Å². The van der Waals surface area contributed by atoms with Crippen molar-refractivity contribution in [2.75, 3.05) is 26.2 Å². The number of likely N-dealkylation sites (tertiary alicyclic amines) is 1. The van der Waals surface area contributed by atoms with Gasteiger partial charge in [0, 0.05) is 18.3 Å². The third-order valence-electron chi connectivity index (χ3n) is 8.24. The zero-order chi connectivity index (χ0) is 40.0. The van der Waals surface area contributed by atoms with Gasteiger partial charge in [0.05, 0.1) is 45.4 Å². The summed E-state index contributed by atoms with van der Waals surface area (Å²) in [5, 5.41) is 5.66. The summed E-state index contributed by atoms with van der Waals surface area (Å²) in [6.45, 7) is 11.6. The summed E-state index contributed by atoms with van der Waals surface area (Å²) in [4.78, 5) is 73.8. The van der Waals surface area contributed by atoms with Crippen molar-refractivity contribution in [1.82, 2.24) is 20.5 Å². The maximum atomic E-state index is 14.0. The van der Waals surface area contributed by atoms with Gasteiger partial charge in [0.25, 0.3) is 0 Å². The lowest BCUT2D eigenvalue weighted by Gasteiger charge is -2.44. The van der Waals surface area contributed by atoms with Crippen LogP contribution in [0.5, 0.6) is 17.2 Å². The SMILES string of the molecule is COc1cc(OC)c(CNC(=O)C2C(Cc3ccnc(N(C(=O)OC(C)(C)C)C(=O)OC(C)(C)C)c3)C(=O)N2C(=O)NC(C)c2ccccc2)c(OC)c1. The zero-order valence-corrected chi connectivity index (χ0v) is 32.3. The van der Waals surface area contributed by atoms with E-state index < -0.39 is 59.2 Å². The third kappa shape index (κ3) is 9.96. The Morgan fingerprint density at radius 3 is 1.94 bits per heavy atom. The second kappa shape index (κ2) is 16.9. The molecular formula is C39H49N5O10. The normalized spacial score (nSPS) is 16.0. The number of carbonyl (C=O) groups is 5. The molecule has 15 heteroatoms. The minimum absolute atomic E-state index is 0.0455. The highest BCUT2D eigenvalue weighted by Gasteiger charge is 2.54. The van der Waals surface area contributed by atoms with E-state index in [-0.39, 0.29) is 18.8 Å². The van der Waals surface area contributed by atoms with Crippen LogP contribution in [0.25, 0.3) is 0 Å². The predicted octanol–water partition coefficient (Wildman–Crippen LogP) is 5.94. The van der Waals surface area contributed by atoms with Crippen molar-refractivity contribution < 1.29 is 47.7 Å². The number of β-lactam (4-membered cyclic amide) rings is 1. The second-order valence-corrected chi connectivity index (χ2v) is 14.6. The average molecular weight is 748 g/mol. The Balaban J connectivity index is 1.65. The molecule has 0 bridgehead atoms. The molecule has 1 fully saturated rings. The number of pyridine rings is 1. The summed E-state index contributed by atoms with van der Waals surface area (Å²) in [6, 6.07) is 13.0. The largest absolute Gasteiger partial charge is 0.496 e. The first-order chi connectivity index (χ1) is 25.4. The number of urea groups is 1. The molecule has 3 unspecified atom stereocenters. The van der Waals surface area contributed by atoms with Gasteiger partial charge < -0.3 is 34.3 Å². The van der Waals surface area contributed by atoms with Crippen LogP contribution < -0.4 is 29.7 Å². The number of carbonyl (C=O) groups excluding carboxylic acids is 5. The van der Waals surface area contributed by atoms with Crippen molar-refractivity contribution in [3.05, 3.63) is 77.5 Å². The molecule has 2 heterocycles. The summed E-state index contributed by atoms with van der Waals surface area (Å²) in [6.07, 6.45) is -0.717. The standard InChI is InChI=1S/C39H49N5O10/c1-23(25-14-12-11-13-15-25)42-35(47)44-32(33(45)41-22-28-29(51-9)20-26(50-8)21-30(28)52-10)27(34(44)46)18-24-16-17-40-31(19-24)43(36(48)53-38(2,3)4)37(49)54-39(5,6)7/h11-17,19-21,23,27,32H,18,22H2,1-10H3,(H,41,45)(H,42,47). The van der Waals surface area contributed by atoms with Crippen LogP contribution in [0.2, 0.25) is 0 Å². The van der Waals surface area contributed by atoms with Gasteiger partial charge in [-0.15, -0.1) is 0 Å². The van der Waals surface area contributed by atoms with Gasteiger partial charge in [-0.25, -0.2) is 19.4 Å². The molecule has 1 aromatic heterocycles. The van der Waals surface area contributed by atoms with Gasteiger partial charge in [0.1, 0.15) is 40.3 Å². The number of rotatable bonds is 11. The first-order valence-electron chi connectivity index (χ1n) is 17.3. The molecule has 2 aromatic carbocycles. The molecule has 0 radical (unpaired) electrons. The van der Waals surface area contributed by atoms with E-state index in [1.54, 1.807) is 66.7 Å². The monoisotopic (exact) mass is 747 g/mol. The lowest BCUT2D eigenvalue weighted by molar-refractivity contribution is -0.157. The van der Waals surface area contributed by atoms with Gasteiger partial charge in [0.15, 0.2) is 0 Å². The van der Waals surface area contributed by atoms with Gasteiger partial charge >= 0.3 is 18.2 Å². The number of hydrogen-bond acceptors (Lipinski definition) is 11. The number of anilines is 1. The fraction of sp³-hybridized carbons (Fsp3) is 0.436. The molecule has 3 aromatic rings. The van der Waals surface area contributed by atoms with E-state index in [4.69, 9.17) is 23.7 Å². The summed E-state index contributed by atoms with van der Waals surface area (Å²) in [5.41, 5.74) is -0.137. The third-order valence-corrected chi connectivity index (χ3v) is 8.24. The Kier molecular flexibility index (Phi) is 12.8. The van der Waals surface area contributed by atoms with E-state index >= 15 is 0 Å². The molecule has 54 heavy (non-hydrogen) atoms.